The first kappa shape index (κ1) is 29.2. The molecule has 0 saturated carbocycles. The minimum Gasteiger partial charge on any atom is -0.356 e. The molecule has 0 aromatic rings. The zero-order valence-electron chi connectivity index (χ0n) is 5.92. The van der Waals surface area contributed by atoms with Crippen LogP contribution in [0.25, 0.3) is 0 Å². The van der Waals surface area contributed by atoms with E-state index in [-0.39, 0.29) is 54.2 Å². The van der Waals surface area contributed by atoms with Crippen molar-refractivity contribution in [3.63, 3.8) is 0 Å². The van der Waals surface area contributed by atoms with Crippen LogP contribution in [0.4, 0.5) is 0 Å². The van der Waals surface area contributed by atoms with Gasteiger partial charge in [0.25, 0.3) is 0 Å². The molecule has 1 radical (unpaired) electrons. The fourth-order valence-corrected chi connectivity index (χ4v) is 0. The van der Waals surface area contributed by atoms with E-state index < -0.39 is 15.3 Å². The molecule has 12 nitrogen and oxygen atoms in total. The van der Waals surface area contributed by atoms with Crippen LogP contribution in [0.5, 0.6) is 0 Å². The van der Waals surface area contributed by atoms with E-state index in [4.69, 9.17) is 46.0 Å². The molecule has 0 fully saturated rings. The van der Waals surface area contributed by atoms with E-state index >= 15 is 0 Å². The molecule has 0 atom stereocenters. The predicted octanol–water partition coefficient (Wildman–Crippen LogP) is -0.296. The summed E-state index contributed by atoms with van der Waals surface area (Å²) >= 11 is 0. The second-order valence-electron chi connectivity index (χ2n) is 0.671. The molecule has 0 aliphatic carbocycles. The van der Waals surface area contributed by atoms with Crippen molar-refractivity contribution in [2.45, 2.75) is 0 Å². The minimum absolute atomic E-state index is 0. The topological polar surface area (TPSA) is 199 Å². The van der Waals surface area contributed by atoms with Crippen LogP contribution < -0.4 is 0 Å². The Labute approximate surface area is 115 Å². The number of halogens is 1. The number of rotatable bonds is 0. The van der Waals surface area contributed by atoms with Crippen LogP contribution in [-0.4, -0.2) is 15.3 Å². The largest absolute Gasteiger partial charge is 3.00 e. The third-order valence-electron chi connectivity index (χ3n) is 0. The molecule has 0 aliphatic rings. The maximum atomic E-state index is 8.25. The molecule has 0 aromatic heterocycles. The summed E-state index contributed by atoms with van der Waals surface area (Å²) in [4.78, 5) is 24.8. The van der Waals surface area contributed by atoms with Crippen molar-refractivity contribution in [1.82, 2.24) is 0 Å². The molecule has 81 valence electrons. The Morgan fingerprint density at radius 1 is 0.571 bits per heavy atom. The molecule has 0 heterocycles. The number of hydrogen-bond donors (Lipinski definition) is 0. The van der Waals surface area contributed by atoms with Crippen molar-refractivity contribution in [1.29, 1.82) is 0 Å². The van der Waals surface area contributed by atoms with Gasteiger partial charge in [0.1, 0.15) is 0 Å². The molecular weight excluding hydrogens is 362 g/mol. The first-order chi connectivity index (χ1) is 5.20. The normalized spacial score (nSPS) is 5.14. The zero-order chi connectivity index (χ0) is 10.7. The predicted molar refractivity (Wildman–Crippen MR) is 38.3 cm³/mol. The van der Waals surface area contributed by atoms with Crippen molar-refractivity contribution in [2.24, 2.45) is 0 Å². The van der Waals surface area contributed by atoms with Gasteiger partial charge in [-0.2, -0.15) is 0 Å². The summed E-state index contributed by atoms with van der Waals surface area (Å²) in [7, 11) is 0. The Hall–Kier alpha value is -0.733. The minimum atomic E-state index is -1.75. The molecule has 0 unspecified atom stereocenters. The molecule has 14 heavy (non-hydrogen) atoms. The summed E-state index contributed by atoms with van der Waals surface area (Å²) in [5, 5.41) is 44.2. The SMILES string of the molecule is Cl.O=[N+]([O-])[O-].O=[N+]([O-])[O-].O=[N+]([O-])[O-].[Ce+3]. The fraction of sp³-hybridized carbons (Fsp3) is 0. The first-order valence-corrected chi connectivity index (χ1v) is 1.64. The van der Waals surface area contributed by atoms with Gasteiger partial charge in [0.05, 0.1) is 15.3 Å². The van der Waals surface area contributed by atoms with E-state index in [1.807, 2.05) is 0 Å². The van der Waals surface area contributed by atoms with Crippen LogP contribution in [-0.2, 0) is 0 Å². The summed E-state index contributed by atoms with van der Waals surface area (Å²) in [5.74, 6) is 0. The van der Waals surface area contributed by atoms with E-state index in [0.29, 0.717) is 0 Å². The fourth-order valence-electron chi connectivity index (χ4n) is 0. The molecule has 0 spiro atoms. The monoisotopic (exact) mass is 362 g/mol. The molecule has 0 aliphatic heterocycles. The summed E-state index contributed by atoms with van der Waals surface area (Å²) in [6, 6.07) is 0. The van der Waals surface area contributed by atoms with E-state index in [2.05, 4.69) is 0 Å². The summed E-state index contributed by atoms with van der Waals surface area (Å²) in [5.41, 5.74) is 0. The molecule has 14 heteroatoms. The Balaban J connectivity index is -0.0000000270. The van der Waals surface area contributed by atoms with Crippen molar-refractivity contribution in [3.05, 3.63) is 46.0 Å². The molecule has 0 aromatic carbocycles. The van der Waals surface area contributed by atoms with Crippen molar-refractivity contribution in [2.75, 3.05) is 0 Å². The van der Waals surface area contributed by atoms with Gasteiger partial charge in [0.15, 0.2) is 0 Å². The van der Waals surface area contributed by atoms with Crippen LogP contribution in [0.15, 0.2) is 0 Å². The van der Waals surface area contributed by atoms with Crippen LogP contribution >= 0.6 is 12.4 Å². The maximum absolute atomic E-state index is 8.25. The van der Waals surface area contributed by atoms with Gasteiger partial charge in [-0.25, -0.2) is 0 Å². The quantitative estimate of drug-likeness (QED) is 0.409. The van der Waals surface area contributed by atoms with E-state index in [1.54, 1.807) is 0 Å². The van der Waals surface area contributed by atoms with Gasteiger partial charge in [0.2, 0.25) is 0 Å². The Bertz CT molecular complexity index is 118. The van der Waals surface area contributed by atoms with Gasteiger partial charge in [-0.15, -0.1) is 12.4 Å². The Morgan fingerprint density at radius 3 is 0.571 bits per heavy atom. The molecule has 0 N–H and O–H groups in total. The van der Waals surface area contributed by atoms with Gasteiger partial charge in [-0.1, -0.05) is 0 Å². The second-order valence-corrected chi connectivity index (χ2v) is 0.671. The second kappa shape index (κ2) is 22.8. The average Bonchev–Trinajstić information content (AvgIpc) is 1.54. The van der Waals surface area contributed by atoms with Crippen LogP contribution in [0, 0.1) is 87.7 Å². The molecule has 0 saturated heterocycles. The Kier molecular flexibility index (Phi) is 47.5. The first-order valence-electron chi connectivity index (χ1n) is 1.64. The van der Waals surface area contributed by atoms with Crippen LogP contribution in [0.3, 0.4) is 0 Å². The summed E-state index contributed by atoms with van der Waals surface area (Å²) < 4.78 is 0. The number of hydrogen-bond acceptors (Lipinski definition) is 9. The molecule has 0 rings (SSSR count). The van der Waals surface area contributed by atoms with Gasteiger partial charge >= 0.3 is 41.7 Å². The van der Waals surface area contributed by atoms with E-state index in [0.717, 1.165) is 0 Å². The third-order valence-corrected chi connectivity index (χ3v) is 0. The van der Waals surface area contributed by atoms with Gasteiger partial charge < -0.3 is 46.0 Å². The number of nitrogens with zero attached hydrogens (tertiary/aromatic N) is 3. The summed E-state index contributed by atoms with van der Waals surface area (Å²) in [6.07, 6.45) is 0. The summed E-state index contributed by atoms with van der Waals surface area (Å²) in [6.45, 7) is 0. The zero-order valence-corrected chi connectivity index (χ0v) is 9.88. The van der Waals surface area contributed by atoms with Gasteiger partial charge in [-0.3, -0.25) is 0 Å². The molecular formula is HCeClN3O9. The maximum Gasteiger partial charge on any atom is 3.00 e. The van der Waals surface area contributed by atoms with E-state index in [1.165, 1.54) is 0 Å². The average molecular weight is 363 g/mol. The van der Waals surface area contributed by atoms with Crippen molar-refractivity contribution in [3.8, 4) is 0 Å². The van der Waals surface area contributed by atoms with Gasteiger partial charge in [-0.05, 0) is 0 Å². The van der Waals surface area contributed by atoms with E-state index in [9.17, 15) is 0 Å². The van der Waals surface area contributed by atoms with Crippen molar-refractivity contribution >= 4 is 12.4 Å². The third kappa shape index (κ3) is 2210. The molecule has 0 amide bonds. The smallest absolute Gasteiger partial charge is 0.356 e. The van der Waals surface area contributed by atoms with Crippen molar-refractivity contribution < 1.29 is 57.0 Å². The van der Waals surface area contributed by atoms with Crippen LogP contribution in [0.1, 0.15) is 0 Å². The standard InChI is InChI=1S/Ce.ClH.3NO3/c;;3*2-1(3)4/h;1H;;;/q+3;;3*-1. The molecule has 0 bridgehead atoms. The van der Waals surface area contributed by atoms with Gasteiger partial charge in [0, 0.05) is 0 Å². The van der Waals surface area contributed by atoms with Crippen LogP contribution in [0.2, 0.25) is 0 Å². The Morgan fingerprint density at radius 2 is 0.571 bits per heavy atom.